The highest BCUT2D eigenvalue weighted by atomic mass is 16.5. The number of amides is 1. The molecule has 0 fully saturated rings. The number of carbonyl (C=O) groups excluding carboxylic acids is 1. The number of nitrogens with one attached hydrogen (secondary N) is 2. The molecule has 208 valence electrons. The molecule has 5 aromatic rings. The molecule has 8 nitrogen and oxygen atoms in total. The summed E-state index contributed by atoms with van der Waals surface area (Å²) in [5.41, 5.74) is 5.48. The van der Waals surface area contributed by atoms with Crippen LogP contribution in [-0.2, 0) is 23.2 Å². The Balaban J connectivity index is 0.000000224. The maximum Gasteiger partial charge on any atom is 0.250 e. The Morgan fingerprint density at radius 2 is 1.73 bits per heavy atom. The molecule has 5 rings (SSSR count). The van der Waals surface area contributed by atoms with Gasteiger partial charge in [0.1, 0.15) is 5.82 Å². The molecule has 40 heavy (non-hydrogen) atoms. The Bertz CT molecular complexity index is 1610. The van der Waals surface area contributed by atoms with Crippen LogP contribution >= 0.6 is 0 Å². The minimum absolute atomic E-state index is 0.0832. The van der Waals surface area contributed by atoms with Crippen molar-refractivity contribution >= 4 is 28.7 Å². The van der Waals surface area contributed by atoms with Gasteiger partial charge in [-0.25, -0.2) is 4.68 Å². The number of pyridine rings is 1. The number of carbonyl (C=O) groups is 1. The molecule has 8 heteroatoms. The monoisotopic (exact) mass is 539 g/mol. The van der Waals surface area contributed by atoms with Crippen LogP contribution in [0.3, 0.4) is 0 Å². The lowest BCUT2D eigenvalue weighted by molar-refractivity contribution is -0.105. The molecule has 0 unspecified atom stereocenters. The number of fused-ring (bicyclic) bond motifs is 1. The molecule has 0 radical (unpaired) electrons. The summed E-state index contributed by atoms with van der Waals surface area (Å²) in [5, 5.41) is 13.0. The number of hydrogen-bond acceptors (Lipinski definition) is 5. The average molecular weight is 540 g/mol. The molecule has 0 aliphatic rings. The number of aromatic nitrogens is 3. The van der Waals surface area contributed by atoms with E-state index in [0.717, 1.165) is 22.5 Å². The van der Waals surface area contributed by atoms with Gasteiger partial charge in [0.25, 0.3) is 0 Å². The van der Waals surface area contributed by atoms with Gasteiger partial charge >= 0.3 is 0 Å². The van der Waals surface area contributed by atoms with E-state index in [1.165, 1.54) is 27.0 Å². The number of methoxy groups -OCH3 is 1. The van der Waals surface area contributed by atoms with Crippen molar-refractivity contribution < 1.29 is 9.53 Å². The van der Waals surface area contributed by atoms with E-state index < -0.39 is 0 Å². The fourth-order valence-electron chi connectivity index (χ4n) is 4.28. The zero-order chi connectivity index (χ0) is 29.1. The van der Waals surface area contributed by atoms with Gasteiger partial charge in [0.15, 0.2) is 0 Å². The van der Waals surface area contributed by atoms with E-state index in [2.05, 4.69) is 52.1 Å². The standard InChI is InChI=1S/C17H16N4O2.C13H15NO.C2H6/c1-12-16(13-8-9-15(23)20(2)10-13)19-21(17(12)18-11-22)14-6-4-3-5-7-14;1-14-13-5-3-4-11-7-6-10(9-15-2)8-12(11)13;1-2/h3-11H,1-2H3,(H,18,22);3-8,14H,9H2,1-2H3;1-2H3. The van der Waals surface area contributed by atoms with E-state index in [1.807, 2.05) is 58.2 Å². The topological polar surface area (TPSA) is 90.2 Å². The molecular formula is C32H37N5O3. The third-order valence-electron chi connectivity index (χ3n) is 6.20. The average Bonchev–Trinajstić information content (AvgIpc) is 3.32. The first kappa shape index (κ1) is 29.9. The summed E-state index contributed by atoms with van der Waals surface area (Å²) in [7, 11) is 5.35. The maximum absolute atomic E-state index is 11.6. The van der Waals surface area contributed by atoms with Gasteiger partial charge in [-0.1, -0.05) is 56.3 Å². The molecule has 3 aromatic carbocycles. The van der Waals surface area contributed by atoms with E-state index in [9.17, 15) is 9.59 Å². The highest BCUT2D eigenvalue weighted by Crippen LogP contribution is 2.29. The third kappa shape index (κ3) is 6.84. The maximum atomic E-state index is 11.6. The Morgan fingerprint density at radius 1 is 0.975 bits per heavy atom. The fourth-order valence-corrected chi connectivity index (χ4v) is 4.28. The molecule has 1 amide bonds. The number of para-hydroxylation sites is 1. The number of rotatable bonds is 7. The molecule has 0 aliphatic heterocycles. The second-order valence-electron chi connectivity index (χ2n) is 8.74. The molecule has 2 N–H and O–H groups in total. The van der Waals surface area contributed by atoms with E-state index >= 15 is 0 Å². The van der Waals surface area contributed by atoms with Crippen LogP contribution in [0, 0.1) is 6.92 Å². The fraction of sp³-hybridized carbons (Fsp3) is 0.219. The van der Waals surface area contributed by atoms with Crippen molar-refractivity contribution in [2.45, 2.75) is 27.4 Å². The van der Waals surface area contributed by atoms with Crippen LogP contribution in [0.5, 0.6) is 0 Å². The van der Waals surface area contributed by atoms with E-state index in [0.29, 0.717) is 24.5 Å². The lowest BCUT2D eigenvalue weighted by Gasteiger charge is -2.07. The summed E-state index contributed by atoms with van der Waals surface area (Å²) in [6.07, 6.45) is 2.37. The van der Waals surface area contributed by atoms with Crippen LogP contribution in [0.15, 0.2) is 89.9 Å². The SMILES string of the molecule is CC.CNc1cccc2ccc(COC)cc12.Cc1c(-c2ccc(=O)n(C)c2)nn(-c2ccccc2)c1NC=O. The smallest absolute Gasteiger partial charge is 0.250 e. The number of anilines is 2. The molecule has 0 saturated carbocycles. The molecule has 2 aromatic heterocycles. The Morgan fingerprint density at radius 3 is 2.38 bits per heavy atom. The summed E-state index contributed by atoms with van der Waals surface area (Å²) in [6.45, 7) is 6.55. The predicted molar refractivity (Wildman–Crippen MR) is 164 cm³/mol. The number of hydrogen-bond donors (Lipinski definition) is 2. The highest BCUT2D eigenvalue weighted by Gasteiger charge is 2.17. The summed E-state index contributed by atoms with van der Waals surface area (Å²) in [6, 6.07) is 25.4. The quantitative estimate of drug-likeness (QED) is 0.242. The first-order valence-electron chi connectivity index (χ1n) is 13.2. The molecule has 0 aliphatic carbocycles. The van der Waals surface area contributed by atoms with Crippen LogP contribution in [0.25, 0.3) is 27.7 Å². The molecule has 0 saturated heterocycles. The Labute approximate surface area is 235 Å². The van der Waals surface area contributed by atoms with Gasteiger partial charge in [-0.05, 0) is 48.2 Å². The number of nitrogens with zero attached hydrogens (tertiary/aromatic N) is 3. The van der Waals surface area contributed by atoms with Crippen molar-refractivity contribution in [3.05, 3.63) is 107 Å². The van der Waals surface area contributed by atoms with Gasteiger partial charge < -0.3 is 19.9 Å². The first-order chi connectivity index (χ1) is 19.5. The minimum Gasteiger partial charge on any atom is -0.388 e. The minimum atomic E-state index is -0.0832. The summed E-state index contributed by atoms with van der Waals surface area (Å²) >= 11 is 0. The lowest BCUT2D eigenvalue weighted by Crippen LogP contribution is -2.14. The van der Waals surface area contributed by atoms with Gasteiger partial charge in [0, 0.05) is 55.7 Å². The second-order valence-corrected chi connectivity index (χ2v) is 8.74. The molecule has 0 spiro atoms. The third-order valence-corrected chi connectivity index (χ3v) is 6.20. The van der Waals surface area contributed by atoms with Crippen molar-refractivity contribution in [1.82, 2.24) is 14.3 Å². The summed E-state index contributed by atoms with van der Waals surface area (Å²) < 4.78 is 8.32. The van der Waals surface area contributed by atoms with E-state index in [4.69, 9.17) is 4.74 Å². The van der Waals surface area contributed by atoms with Gasteiger partial charge in [-0.3, -0.25) is 9.59 Å². The van der Waals surface area contributed by atoms with Crippen LogP contribution < -0.4 is 16.2 Å². The zero-order valence-electron chi connectivity index (χ0n) is 23.9. The van der Waals surface area contributed by atoms with Crippen molar-refractivity contribution in [3.63, 3.8) is 0 Å². The summed E-state index contributed by atoms with van der Waals surface area (Å²) in [5.74, 6) is 0.607. The van der Waals surface area contributed by atoms with Crippen molar-refractivity contribution in [2.75, 3.05) is 24.8 Å². The first-order valence-corrected chi connectivity index (χ1v) is 13.2. The largest absolute Gasteiger partial charge is 0.388 e. The predicted octanol–water partition coefficient (Wildman–Crippen LogP) is 6.17. The Hall–Kier alpha value is -4.69. The highest BCUT2D eigenvalue weighted by molar-refractivity contribution is 5.94. The number of ether oxygens (including phenoxy) is 1. The number of benzene rings is 3. The van der Waals surface area contributed by atoms with Crippen LogP contribution in [-0.4, -0.2) is 34.9 Å². The van der Waals surface area contributed by atoms with Crippen molar-refractivity contribution in [2.24, 2.45) is 7.05 Å². The van der Waals surface area contributed by atoms with Crippen molar-refractivity contribution in [3.8, 4) is 16.9 Å². The van der Waals surface area contributed by atoms with Gasteiger partial charge in [-0.2, -0.15) is 5.10 Å². The van der Waals surface area contributed by atoms with Gasteiger partial charge in [-0.15, -0.1) is 0 Å². The Kier molecular flexibility index (Phi) is 10.8. The van der Waals surface area contributed by atoms with Crippen LogP contribution in [0.2, 0.25) is 0 Å². The normalized spacial score (nSPS) is 10.2. The second kappa shape index (κ2) is 14.5. The van der Waals surface area contributed by atoms with Crippen LogP contribution in [0.4, 0.5) is 11.5 Å². The van der Waals surface area contributed by atoms with Gasteiger partial charge in [0.05, 0.1) is 18.0 Å². The van der Waals surface area contributed by atoms with E-state index in [1.54, 1.807) is 31.1 Å². The van der Waals surface area contributed by atoms with E-state index in [-0.39, 0.29) is 5.56 Å². The molecule has 0 atom stereocenters. The summed E-state index contributed by atoms with van der Waals surface area (Å²) in [4.78, 5) is 22.5. The molecule has 2 heterocycles. The molecular weight excluding hydrogens is 502 g/mol. The molecule has 0 bridgehead atoms. The number of aryl methyl sites for hydroxylation is 1. The zero-order valence-corrected chi connectivity index (χ0v) is 23.9. The lowest BCUT2D eigenvalue weighted by atomic mass is 10.1. The van der Waals surface area contributed by atoms with Crippen molar-refractivity contribution in [1.29, 1.82) is 0 Å². The van der Waals surface area contributed by atoms with Gasteiger partial charge in [0.2, 0.25) is 12.0 Å². The van der Waals surface area contributed by atoms with Crippen LogP contribution in [0.1, 0.15) is 25.0 Å².